The normalized spacial score (nSPS) is 14.6. The number of hydrogen-bond donors (Lipinski definition) is 2. The van der Waals surface area contributed by atoms with Crippen LogP contribution in [-0.2, 0) is 9.59 Å². The van der Waals surface area contributed by atoms with E-state index in [-0.39, 0.29) is 17.7 Å². The van der Waals surface area contributed by atoms with Crippen LogP contribution < -0.4 is 15.4 Å². The number of methoxy groups -OCH3 is 1. The highest BCUT2D eigenvalue weighted by Gasteiger charge is 2.20. The molecule has 0 bridgehead atoms. The Morgan fingerprint density at radius 1 is 1.09 bits per heavy atom. The van der Waals surface area contributed by atoms with E-state index in [0.29, 0.717) is 11.3 Å². The van der Waals surface area contributed by atoms with Crippen LogP contribution in [0.3, 0.4) is 0 Å². The molecule has 0 radical (unpaired) electrons. The van der Waals surface area contributed by atoms with Crippen LogP contribution in [-0.4, -0.2) is 60.4 Å². The molecule has 2 aromatic rings. The minimum Gasteiger partial charge on any atom is -0.497 e. The molecule has 1 aliphatic rings. The van der Waals surface area contributed by atoms with Gasteiger partial charge >= 0.3 is 0 Å². The van der Waals surface area contributed by atoms with Gasteiger partial charge in [-0.25, -0.2) is 0 Å². The van der Waals surface area contributed by atoms with Gasteiger partial charge in [-0.2, -0.15) is 11.8 Å². The molecule has 174 valence electrons. The summed E-state index contributed by atoms with van der Waals surface area (Å²) in [6.07, 6.45) is 3.05. The number of hydrogen-bond acceptors (Lipinski definition) is 5. The number of carbonyl (C=O) groups is 3. The quantitative estimate of drug-likeness (QED) is 0.610. The van der Waals surface area contributed by atoms with Gasteiger partial charge in [0.05, 0.1) is 7.11 Å². The number of nitrogens with one attached hydrogen (secondary N) is 2. The monoisotopic (exact) mass is 467 g/mol. The number of benzene rings is 2. The van der Waals surface area contributed by atoms with Gasteiger partial charge in [0.15, 0.2) is 0 Å². The van der Waals surface area contributed by atoms with E-state index in [0.717, 1.165) is 41.5 Å². The van der Waals surface area contributed by atoms with Crippen molar-refractivity contribution in [2.75, 3.05) is 37.0 Å². The van der Waals surface area contributed by atoms with Crippen molar-refractivity contribution in [2.45, 2.75) is 19.9 Å². The van der Waals surface area contributed by atoms with E-state index in [4.69, 9.17) is 4.74 Å². The van der Waals surface area contributed by atoms with E-state index in [1.165, 1.54) is 6.08 Å². The molecular weight excluding hydrogens is 438 g/mol. The molecule has 0 aromatic heterocycles. The van der Waals surface area contributed by atoms with Gasteiger partial charge in [0, 0.05) is 41.9 Å². The third-order valence-corrected chi connectivity index (χ3v) is 6.27. The minimum absolute atomic E-state index is 0.0144. The van der Waals surface area contributed by atoms with E-state index in [9.17, 15) is 14.4 Å². The molecular formula is C25H29N3O4S. The van der Waals surface area contributed by atoms with Gasteiger partial charge in [-0.15, -0.1) is 0 Å². The lowest BCUT2D eigenvalue weighted by atomic mass is 10.1. The number of rotatable bonds is 7. The molecule has 0 saturated carbocycles. The van der Waals surface area contributed by atoms with Crippen molar-refractivity contribution >= 4 is 41.2 Å². The van der Waals surface area contributed by atoms with Crippen molar-refractivity contribution in [1.82, 2.24) is 10.2 Å². The average Bonchev–Trinajstić information content (AvgIpc) is 2.84. The maximum Gasteiger partial charge on any atom is 0.253 e. The number of nitrogens with zero attached hydrogens (tertiary/aromatic N) is 1. The maximum atomic E-state index is 12.7. The van der Waals surface area contributed by atoms with Gasteiger partial charge in [0.1, 0.15) is 11.8 Å². The SMILES string of the molecule is COc1ccc(/C=C/C(=O)NC(C)C(=O)Nc2ccc(C(=O)N3CCSCC3)cc2C)cc1. The lowest BCUT2D eigenvalue weighted by molar-refractivity contribution is -0.123. The lowest BCUT2D eigenvalue weighted by Gasteiger charge is -2.26. The number of anilines is 1. The summed E-state index contributed by atoms with van der Waals surface area (Å²) in [5.74, 6) is 1.96. The van der Waals surface area contributed by atoms with Crippen molar-refractivity contribution in [1.29, 1.82) is 0 Å². The molecule has 7 nitrogen and oxygen atoms in total. The molecule has 2 N–H and O–H groups in total. The van der Waals surface area contributed by atoms with E-state index < -0.39 is 6.04 Å². The zero-order valence-corrected chi connectivity index (χ0v) is 19.9. The Morgan fingerprint density at radius 2 is 1.79 bits per heavy atom. The predicted molar refractivity (Wildman–Crippen MR) is 133 cm³/mol. The molecule has 2 aromatic carbocycles. The first kappa shape index (κ1) is 24.4. The first-order valence-corrected chi connectivity index (χ1v) is 11.9. The van der Waals surface area contributed by atoms with E-state index in [1.54, 1.807) is 50.4 Å². The van der Waals surface area contributed by atoms with Crippen LogP contribution in [0.25, 0.3) is 6.08 Å². The van der Waals surface area contributed by atoms with Crippen LogP contribution in [0.5, 0.6) is 5.75 Å². The smallest absolute Gasteiger partial charge is 0.253 e. The molecule has 1 unspecified atom stereocenters. The second-order valence-electron chi connectivity index (χ2n) is 7.76. The first-order chi connectivity index (χ1) is 15.9. The number of thioether (sulfide) groups is 1. The fraction of sp³-hybridized carbons (Fsp3) is 0.320. The van der Waals surface area contributed by atoms with E-state index in [2.05, 4.69) is 10.6 Å². The highest BCUT2D eigenvalue weighted by molar-refractivity contribution is 7.99. The van der Waals surface area contributed by atoms with Gasteiger partial charge in [-0.05, 0) is 61.4 Å². The molecule has 0 spiro atoms. The van der Waals surface area contributed by atoms with Crippen molar-refractivity contribution in [3.8, 4) is 5.75 Å². The highest BCUT2D eigenvalue weighted by atomic mass is 32.2. The number of aryl methyl sites for hydroxylation is 1. The average molecular weight is 468 g/mol. The second-order valence-corrected chi connectivity index (χ2v) is 8.99. The summed E-state index contributed by atoms with van der Waals surface area (Å²) in [6, 6.07) is 11.8. The Balaban J connectivity index is 1.54. The first-order valence-electron chi connectivity index (χ1n) is 10.8. The van der Waals surface area contributed by atoms with Crippen LogP contribution in [0, 0.1) is 6.92 Å². The van der Waals surface area contributed by atoms with Crippen molar-refractivity contribution in [3.05, 3.63) is 65.2 Å². The zero-order chi connectivity index (χ0) is 23.8. The Bertz CT molecular complexity index is 1030. The highest BCUT2D eigenvalue weighted by Crippen LogP contribution is 2.20. The van der Waals surface area contributed by atoms with Crippen molar-refractivity contribution in [3.63, 3.8) is 0 Å². The zero-order valence-electron chi connectivity index (χ0n) is 19.1. The number of carbonyl (C=O) groups excluding carboxylic acids is 3. The third kappa shape index (κ3) is 6.86. The molecule has 3 amide bonds. The Labute approximate surface area is 198 Å². The second kappa shape index (κ2) is 11.6. The van der Waals surface area contributed by atoms with Crippen LogP contribution in [0.15, 0.2) is 48.5 Å². The largest absolute Gasteiger partial charge is 0.497 e. The molecule has 1 aliphatic heterocycles. The van der Waals surface area contributed by atoms with E-state index >= 15 is 0 Å². The molecule has 1 atom stereocenters. The molecule has 0 aliphatic carbocycles. The van der Waals surface area contributed by atoms with Gasteiger partial charge in [0.25, 0.3) is 5.91 Å². The summed E-state index contributed by atoms with van der Waals surface area (Å²) < 4.78 is 5.11. The summed E-state index contributed by atoms with van der Waals surface area (Å²) in [4.78, 5) is 39.3. The van der Waals surface area contributed by atoms with Gasteiger partial charge in [-0.3, -0.25) is 14.4 Å². The van der Waals surface area contributed by atoms with Gasteiger partial charge < -0.3 is 20.3 Å². The summed E-state index contributed by atoms with van der Waals surface area (Å²) in [5, 5.41) is 5.49. The molecule has 33 heavy (non-hydrogen) atoms. The van der Waals surface area contributed by atoms with Gasteiger partial charge in [-0.1, -0.05) is 12.1 Å². The van der Waals surface area contributed by atoms with Crippen LogP contribution in [0.2, 0.25) is 0 Å². The summed E-state index contributed by atoms with van der Waals surface area (Å²) in [5.41, 5.74) is 2.86. The number of amides is 3. The Kier molecular flexibility index (Phi) is 8.54. The molecule has 1 heterocycles. The summed E-state index contributed by atoms with van der Waals surface area (Å²) in [6.45, 7) is 4.98. The Hall–Kier alpha value is -3.26. The summed E-state index contributed by atoms with van der Waals surface area (Å²) >= 11 is 1.85. The standard InChI is InChI=1S/C25H29N3O4S/c1-17-16-20(25(31)28-12-14-33-15-13-28)7-10-22(17)27-24(30)18(2)26-23(29)11-6-19-4-8-21(32-3)9-5-19/h4-11,16,18H,12-15H2,1-3H3,(H,26,29)(H,27,30)/b11-6+. The fourth-order valence-electron chi connectivity index (χ4n) is 3.34. The van der Waals surface area contributed by atoms with Crippen LogP contribution in [0.4, 0.5) is 5.69 Å². The topological polar surface area (TPSA) is 87.7 Å². The predicted octanol–water partition coefficient (Wildman–Crippen LogP) is 3.35. The fourth-order valence-corrected chi connectivity index (χ4v) is 4.24. The van der Waals surface area contributed by atoms with Crippen LogP contribution in [0.1, 0.15) is 28.4 Å². The lowest BCUT2D eigenvalue weighted by Crippen LogP contribution is -2.41. The molecule has 1 saturated heterocycles. The Morgan fingerprint density at radius 3 is 2.42 bits per heavy atom. The molecule has 8 heteroatoms. The number of ether oxygens (including phenoxy) is 1. The van der Waals surface area contributed by atoms with Crippen LogP contribution >= 0.6 is 11.8 Å². The van der Waals surface area contributed by atoms with Crippen molar-refractivity contribution < 1.29 is 19.1 Å². The van der Waals surface area contributed by atoms with E-state index in [1.807, 2.05) is 35.7 Å². The third-order valence-electron chi connectivity index (χ3n) is 5.32. The maximum absolute atomic E-state index is 12.7. The van der Waals surface area contributed by atoms with Crippen molar-refractivity contribution in [2.24, 2.45) is 0 Å². The van der Waals surface area contributed by atoms with Gasteiger partial charge in [0.2, 0.25) is 11.8 Å². The molecule has 3 rings (SSSR count). The minimum atomic E-state index is -0.732. The summed E-state index contributed by atoms with van der Waals surface area (Å²) in [7, 11) is 1.59. The molecule has 1 fully saturated rings.